The molecule has 0 fully saturated rings. The van der Waals surface area contributed by atoms with Crippen molar-refractivity contribution in [2.24, 2.45) is 0 Å². The van der Waals surface area contributed by atoms with E-state index in [1.807, 2.05) is 0 Å². The fraction of sp³-hybridized carbons (Fsp3) is 0.111. The first-order valence-corrected chi connectivity index (χ1v) is 4.06. The third-order valence-corrected chi connectivity index (χ3v) is 1.58. The molecule has 0 saturated heterocycles. The van der Waals surface area contributed by atoms with Crippen LogP contribution in [0.5, 0.6) is 0 Å². The van der Waals surface area contributed by atoms with Crippen LogP contribution < -0.4 is 0 Å². The van der Waals surface area contributed by atoms with Crippen molar-refractivity contribution in [3.63, 3.8) is 0 Å². The van der Waals surface area contributed by atoms with Gasteiger partial charge in [-0.1, -0.05) is 29.8 Å². The summed E-state index contributed by atoms with van der Waals surface area (Å²) in [7, 11) is 0. The van der Waals surface area contributed by atoms with Crippen LogP contribution in [-0.2, 0) is 4.79 Å². The first kappa shape index (κ1) is 9.74. The Morgan fingerprint density at radius 3 is 2.92 bits per heavy atom. The zero-order valence-corrected chi connectivity index (χ0v) is 7.53. The molecule has 13 heavy (non-hydrogen) atoms. The molecule has 0 amide bonds. The van der Waals surface area contributed by atoms with E-state index in [0.29, 0.717) is 5.15 Å². The highest BCUT2D eigenvalue weighted by Crippen LogP contribution is 2.06. The fourth-order valence-corrected chi connectivity index (χ4v) is 0.893. The average molecular weight is 198 g/mol. The van der Waals surface area contributed by atoms with Crippen LogP contribution in [0.1, 0.15) is 12.0 Å². The summed E-state index contributed by atoms with van der Waals surface area (Å²) in [6.07, 6.45) is 4.86. The summed E-state index contributed by atoms with van der Waals surface area (Å²) >= 11 is 5.57. The molecule has 0 unspecified atom stereocenters. The van der Waals surface area contributed by atoms with Crippen molar-refractivity contribution in [1.82, 2.24) is 4.98 Å². The molecule has 0 aliphatic heterocycles. The van der Waals surface area contributed by atoms with E-state index >= 15 is 0 Å². The minimum Gasteiger partial charge on any atom is -0.481 e. The first-order chi connectivity index (χ1) is 6.18. The minimum absolute atomic E-state index is 0.0165. The Hall–Kier alpha value is -1.35. The maximum Gasteiger partial charge on any atom is 0.307 e. The average Bonchev–Trinajstić information content (AvgIpc) is 2.08. The number of carboxylic acids is 1. The van der Waals surface area contributed by atoms with E-state index < -0.39 is 5.97 Å². The van der Waals surface area contributed by atoms with E-state index in [-0.39, 0.29) is 6.42 Å². The normalized spacial score (nSPS) is 10.5. The maximum atomic E-state index is 10.2. The predicted molar refractivity (Wildman–Crippen MR) is 50.5 cm³/mol. The van der Waals surface area contributed by atoms with Crippen molar-refractivity contribution in [3.8, 4) is 0 Å². The number of hydrogen-bond donors (Lipinski definition) is 1. The van der Waals surface area contributed by atoms with E-state index in [0.717, 1.165) is 5.56 Å². The number of aliphatic carboxylic acids is 1. The van der Waals surface area contributed by atoms with Gasteiger partial charge in [0.25, 0.3) is 0 Å². The second-order valence-electron chi connectivity index (χ2n) is 2.41. The van der Waals surface area contributed by atoms with Crippen molar-refractivity contribution in [3.05, 3.63) is 35.1 Å². The molecule has 0 atom stereocenters. The third-order valence-electron chi connectivity index (χ3n) is 1.35. The van der Waals surface area contributed by atoms with Gasteiger partial charge in [-0.15, -0.1) is 0 Å². The molecule has 0 aliphatic carbocycles. The van der Waals surface area contributed by atoms with Gasteiger partial charge in [0.1, 0.15) is 5.15 Å². The van der Waals surface area contributed by atoms with Crippen LogP contribution in [0.4, 0.5) is 0 Å². The van der Waals surface area contributed by atoms with Crippen molar-refractivity contribution >= 4 is 23.6 Å². The van der Waals surface area contributed by atoms with Gasteiger partial charge in [-0.2, -0.15) is 0 Å². The van der Waals surface area contributed by atoms with Gasteiger partial charge in [-0.05, 0) is 11.6 Å². The lowest BCUT2D eigenvalue weighted by atomic mass is 10.2. The molecular weight excluding hydrogens is 190 g/mol. The molecule has 0 saturated carbocycles. The van der Waals surface area contributed by atoms with Gasteiger partial charge in [-0.3, -0.25) is 4.79 Å². The van der Waals surface area contributed by atoms with Gasteiger partial charge in [0.05, 0.1) is 6.42 Å². The molecule has 1 N–H and O–H groups in total. The largest absolute Gasteiger partial charge is 0.481 e. The SMILES string of the molecule is O=C(O)C/C=C/c1ccc(Cl)nc1. The lowest BCUT2D eigenvalue weighted by Crippen LogP contribution is -1.89. The van der Waals surface area contributed by atoms with Gasteiger partial charge in [-0.25, -0.2) is 4.98 Å². The molecule has 0 spiro atoms. The lowest BCUT2D eigenvalue weighted by Gasteiger charge is -1.91. The van der Waals surface area contributed by atoms with Crippen molar-refractivity contribution in [2.45, 2.75) is 6.42 Å². The second-order valence-corrected chi connectivity index (χ2v) is 2.80. The summed E-state index contributed by atoms with van der Waals surface area (Å²) in [5.74, 6) is -0.849. The molecule has 68 valence electrons. The molecule has 0 aromatic carbocycles. The fourth-order valence-electron chi connectivity index (χ4n) is 0.782. The zero-order chi connectivity index (χ0) is 9.68. The Labute approximate surface area is 80.7 Å². The molecular formula is C9H8ClNO2. The number of rotatable bonds is 3. The molecule has 1 aromatic heterocycles. The van der Waals surface area contributed by atoms with Crippen molar-refractivity contribution in [1.29, 1.82) is 0 Å². The van der Waals surface area contributed by atoms with Crippen LogP contribution in [-0.4, -0.2) is 16.1 Å². The summed E-state index contributed by atoms with van der Waals surface area (Å²) in [5, 5.41) is 8.77. The van der Waals surface area contributed by atoms with Crippen LogP contribution in [0.3, 0.4) is 0 Å². The van der Waals surface area contributed by atoms with Crippen molar-refractivity contribution in [2.75, 3.05) is 0 Å². The summed E-state index contributed by atoms with van der Waals surface area (Å²) in [6, 6.07) is 3.43. The van der Waals surface area contributed by atoms with Crippen LogP contribution in [0.2, 0.25) is 5.15 Å². The Balaban J connectivity index is 2.59. The molecule has 4 heteroatoms. The van der Waals surface area contributed by atoms with Crippen LogP contribution in [0, 0.1) is 0 Å². The highest BCUT2D eigenvalue weighted by atomic mass is 35.5. The number of carbonyl (C=O) groups is 1. The molecule has 0 aliphatic rings. The molecule has 1 heterocycles. The summed E-state index contributed by atoms with van der Waals surface area (Å²) in [4.78, 5) is 14.0. The third kappa shape index (κ3) is 3.71. The number of hydrogen-bond acceptors (Lipinski definition) is 2. The first-order valence-electron chi connectivity index (χ1n) is 3.68. The Morgan fingerprint density at radius 2 is 2.38 bits per heavy atom. The standard InChI is InChI=1S/C9H8ClNO2/c10-8-5-4-7(6-11-8)2-1-3-9(12)13/h1-2,4-6H,3H2,(H,12,13)/b2-1+. The summed E-state index contributed by atoms with van der Waals surface area (Å²) in [6.45, 7) is 0. The second kappa shape index (κ2) is 4.62. The van der Waals surface area contributed by atoms with E-state index in [2.05, 4.69) is 4.98 Å². The monoisotopic (exact) mass is 197 g/mol. The molecule has 3 nitrogen and oxygen atoms in total. The predicted octanol–water partition coefficient (Wildman–Crippen LogP) is 2.22. The number of nitrogens with zero attached hydrogens (tertiary/aromatic N) is 1. The number of pyridine rings is 1. The van der Waals surface area contributed by atoms with Crippen molar-refractivity contribution < 1.29 is 9.90 Å². The van der Waals surface area contributed by atoms with Gasteiger partial charge < -0.3 is 5.11 Å². The van der Waals surface area contributed by atoms with Gasteiger partial charge >= 0.3 is 5.97 Å². The Morgan fingerprint density at radius 1 is 1.62 bits per heavy atom. The van der Waals surface area contributed by atoms with E-state index in [1.165, 1.54) is 0 Å². The van der Waals surface area contributed by atoms with Crippen LogP contribution in [0.15, 0.2) is 24.4 Å². The molecule has 1 aromatic rings. The number of carboxylic acid groups (broad SMARTS) is 1. The van der Waals surface area contributed by atoms with Gasteiger partial charge in [0.15, 0.2) is 0 Å². The maximum absolute atomic E-state index is 10.2. The molecule has 0 bridgehead atoms. The van der Waals surface area contributed by atoms with Crippen LogP contribution >= 0.6 is 11.6 Å². The minimum atomic E-state index is -0.849. The number of halogens is 1. The highest BCUT2D eigenvalue weighted by Gasteiger charge is 1.91. The van der Waals surface area contributed by atoms with E-state index in [4.69, 9.17) is 16.7 Å². The lowest BCUT2D eigenvalue weighted by molar-refractivity contribution is -0.135. The quantitative estimate of drug-likeness (QED) is 0.756. The summed E-state index contributed by atoms with van der Waals surface area (Å²) in [5.41, 5.74) is 0.839. The molecule has 0 radical (unpaired) electrons. The topological polar surface area (TPSA) is 50.2 Å². The number of aromatic nitrogens is 1. The van der Waals surface area contributed by atoms with Gasteiger partial charge in [0, 0.05) is 6.20 Å². The Kier molecular flexibility index (Phi) is 3.46. The summed E-state index contributed by atoms with van der Waals surface area (Å²) < 4.78 is 0. The molecule has 1 rings (SSSR count). The van der Waals surface area contributed by atoms with E-state index in [1.54, 1.807) is 30.5 Å². The Bertz CT molecular complexity index is 319. The van der Waals surface area contributed by atoms with Gasteiger partial charge in [0.2, 0.25) is 0 Å². The highest BCUT2D eigenvalue weighted by molar-refractivity contribution is 6.29. The van der Waals surface area contributed by atoms with E-state index in [9.17, 15) is 4.79 Å². The zero-order valence-electron chi connectivity index (χ0n) is 6.77. The van der Waals surface area contributed by atoms with Crippen LogP contribution in [0.25, 0.3) is 6.08 Å². The smallest absolute Gasteiger partial charge is 0.307 e.